The summed E-state index contributed by atoms with van der Waals surface area (Å²) in [7, 11) is 0. The Morgan fingerprint density at radius 1 is 0.382 bits per heavy atom. The molecular formula is C33H21N. The zero-order chi connectivity index (χ0) is 22.5. The molecule has 7 rings (SSSR count). The summed E-state index contributed by atoms with van der Waals surface area (Å²) < 4.78 is 0. The van der Waals surface area contributed by atoms with Gasteiger partial charge in [-0.1, -0.05) is 91.0 Å². The largest absolute Gasteiger partial charge is 0.256 e. The van der Waals surface area contributed by atoms with Crippen molar-refractivity contribution >= 4 is 10.8 Å². The number of fused-ring (bicyclic) bond motifs is 3. The van der Waals surface area contributed by atoms with Gasteiger partial charge in [-0.15, -0.1) is 0 Å². The van der Waals surface area contributed by atoms with Crippen molar-refractivity contribution in [2.24, 2.45) is 0 Å². The van der Waals surface area contributed by atoms with Crippen LogP contribution in [-0.2, 0) is 0 Å². The Morgan fingerprint density at radius 3 is 1.85 bits per heavy atom. The fraction of sp³-hybridized carbons (Fsp3) is 0. The minimum absolute atomic E-state index is 0.995. The van der Waals surface area contributed by atoms with Crippen molar-refractivity contribution in [3.8, 4) is 55.8 Å². The molecule has 0 saturated heterocycles. The monoisotopic (exact) mass is 431 g/mol. The summed E-state index contributed by atoms with van der Waals surface area (Å²) >= 11 is 0. The van der Waals surface area contributed by atoms with Crippen LogP contribution in [0.2, 0.25) is 0 Å². The van der Waals surface area contributed by atoms with E-state index in [9.17, 15) is 0 Å². The number of benzene rings is 5. The van der Waals surface area contributed by atoms with Gasteiger partial charge in [-0.2, -0.15) is 0 Å². The Balaban J connectivity index is 1.29. The summed E-state index contributed by atoms with van der Waals surface area (Å²) in [6.45, 7) is 0. The third-order valence-electron chi connectivity index (χ3n) is 6.86. The minimum atomic E-state index is 0.995. The molecule has 0 spiro atoms. The molecule has 0 unspecified atom stereocenters. The van der Waals surface area contributed by atoms with Gasteiger partial charge in [0.25, 0.3) is 0 Å². The van der Waals surface area contributed by atoms with Gasteiger partial charge in [-0.25, -0.2) is 0 Å². The van der Waals surface area contributed by atoms with Gasteiger partial charge in [-0.3, -0.25) is 4.98 Å². The van der Waals surface area contributed by atoms with E-state index in [0.717, 1.165) is 11.3 Å². The molecule has 5 aromatic carbocycles. The number of aromatic nitrogens is 1. The molecule has 1 aliphatic rings. The van der Waals surface area contributed by atoms with E-state index in [2.05, 4.69) is 114 Å². The predicted molar refractivity (Wildman–Crippen MR) is 142 cm³/mol. The lowest BCUT2D eigenvalue weighted by Gasteiger charge is -2.10. The van der Waals surface area contributed by atoms with E-state index in [0.29, 0.717) is 0 Å². The molecule has 0 bridgehead atoms. The Hall–Kier alpha value is -4.49. The maximum Gasteiger partial charge on any atom is 0.0702 e. The first-order chi connectivity index (χ1) is 16.8. The van der Waals surface area contributed by atoms with Crippen LogP contribution in [0.5, 0.6) is 0 Å². The number of pyridine rings is 1. The summed E-state index contributed by atoms with van der Waals surface area (Å²) in [5.41, 5.74) is 12.4. The fourth-order valence-electron chi connectivity index (χ4n) is 5.23. The van der Waals surface area contributed by atoms with Crippen LogP contribution in [0.4, 0.5) is 0 Å². The van der Waals surface area contributed by atoms with Crippen LogP contribution in [0.25, 0.3) is 66.5 Å². The lowest BCUT2D eigenvalue weighted by molar-refractivity contribution is 1.33. The van der Waals surface area contributed by atoms with Crippen molar-refractivity contribution in [3.63, 3.8) is 0 Å². The highest BCUT2D eigenvalue weighted by atomic mass is 14.7. The average Bonchev–Trinajstić information content (AvgIpc) is 3.24. The summed E-state index contributed by atoms with van der Waals surface area (Å²) in [6, 6.07) is 43.6. The Bertz CT molecular complexity index is 1680. The highest BCUT2D eigenvalue weighted by Crippen LogP contribution is 2.48. The van der Waals surface area contributed by atoms with E-state index < -0.39 is 0 Å². The summed E-state index contributed by atoms with van der Waals surface area (Å²) in [6.07, 6.45) is 1.84. The third kappa shape index (κ3) is 2.98. The van der Waals surface area contributed by atoms with E-state index in [1.165, 1.54) is 55.3 Å². The average molecular weight is 432 g/mol. The molecule has 6 aromatic rings. The van der Waals surface area contributed by atoms with E-state index in [4.69, 9.17) is 0 Å². The van der Waals surface area contributed by atoms with Gasteiger partial charge in [0.2, 0.25) is 0 Å². The van der Waals surface area contributed by atoms with Gasteiger partial charge in [0.1, 0.15) is 0 Å². The molecule has 0 atom stereocenters. The molecule has 158 valence electrons. The molecule has 0 radical (unpaired) electrons. The number of hydrogen-bond acceptors (Lipinski definition) is 1. The van der Waals surface area contributed by atoms with Crippen molar-refractivity contribution in [2.45, 2.75) is 0 Å². The molecular weight excluding hydrogens is 410 g/mol. The molecule has 1 heterocycles. The topological polar surface area (TPSA) is 12.9 Å². The van der Waals surface area contributed by atoms with E-state index >= 15 is 0 Å². The number of nitrogens with zero attached hydrogens (tertiary/aromatic N) is 1. The van der Waals surface area contributed by atoms with Gasteiger partial charge >= 0.3 is 0 Å². The van der Waals surface area contributed by atoms with Crippen LogP contribution in [0.1, 0.15) is 0 Å². The van der Waals surface area contributed by atoms with Crippen LogP contribution >= 0.6 is 0 Å². The van der Waals surface area contributed by atoms with Crippen LogP contribution in [0, 0.1) is 0 Å². The van der Waals surface area contributed by atoms with Gasteiger partial charge < -0.3 is 0 Å². The lowest BCUT2D eigenvalue weighted by atomic mass is 9.94. The first kappa shape index (κ1) is 19.0. The molecule has 1 nitrogen and oxygen atoms in total. The summed E-state index contributed by atoms with van der Waals surface area (Å²) in [4.78, 5) is 4.50. The minimum Gasteiger partial charge on any atom is -0.256 e. The number of hydrogen-bond donors (Lipinski definition) is 0. The maximum absolute atomic E-state index is 4.50. The van der Waals surface area contributed by atoms with Gasteiger partial charge in [0, 0.05) is 11.8 Å². The van der Waals surface area contributed by atoms with E-state index in [1.807, 2.05) is 18.3 Å². The van der Waals surface area contributed by atoms with Crippen LogP contribution in [0.15, 0.2) is 128 Å². The zero-order valence-electron chi connectivity index (χ0n) is 18.6. The Morgan fingerprint density at radius 2 is 1.06 bits per heavy atom. The summed E-state index contributed by atoms with van der Waals surface area (Å²) in [5.74, 6) is 0. The second kappa shape index (κ2) is 7.54. The Kier molecular flexibility index (Phi) is 4.22. The van der Waals surface area contributed by atoms with Crippen LogP contribution < -0.4 is 0 Å². The highest BCUT2D eigenvalue weighted by molar-refractivity contribution is 6.16. The quantitative estimate of drug-likeness (QED) is 0.272. The standard InChI is InChI=1S/C33H21N/c1-2-11-29-28(10-1)30-12-6-9-26-20-27(21-31(29)33(26)30)23-16-14-22(15-17-23)24-7-5-8-25(19-24)32-13-3-4-18-34-32/h1-21H. The van der Waals surface area contributed by atoms with Gasteiger partial charge in [0.05, 0.1) is 5.69 Å². The van der Waals surface area contributed by atoms with E-state index in [1.54, 1.807) is 0 Å². The molecule has 1 aliphatic carbocycles. The molecule has 0 amide bonds. The van der Waals surface area contributed by atoms with Crippen molar-refractivity contribution in [1.29, 1.82) is 0 Å². The van der Waals surface area contributed by atoms with Crippen molar-refractivity contribution in [2.75, 3.05) is 0 Å². The Labute approximate surface area is 199 Å². The molecule has 1 aromatic heterocycles. The fourth-order valence-corrected chi connectivity index (χ4v) is 5.23. The number of rotatable bonds is 3. The van der Waals surface area contributed by atoms with Crippen LogP contribution in [-0.4, -0.2) is 4.98 Å². The predicted octanol–water partition coefficient (Wildman–Crippen LogP) is 8.88. The van der Waals surface area contributed by atoms with Gasteiger partial charge in [-0.05, 0) is 85.6 Å². The normalized spacial score (nSPS) is 11.5. The van der Waals surface area contributed by atoms with E-state index in [-0.39, 0.29) is 0 Å². The first-order valence-electron chi connectivity index (χ1n) is 11.6. The zero-order valence-corrected chi connectivity index (χ0v) is 18.6. The van der Waals surface area contributed by atoms with Crippen molar-refractivity contribution in [1.82, 2.24) is 4.98 Å². The summed E-state index contributed by atoms with van der Waals surface area (Å²) in [5, 5.41) is 2.67. The smallest absolute Gasteiger partial charge is 0.0702 e. The van der Waals surface area contributed by atoms with Gasteiger partial charge in [0.15, 0.2) is 0 Å². The van der Waals surface area contributed by atoms with Crippen molar-refractivity contribution in [3.05, 3.63) is 128 Å². The van der Waals surface area contributed by atoms with Crippen molar-refractivity contribution < 1.29 is 0 Å². The molecule has 1 heteroatoms. The second-order valence-corrected chi connectivity index (χ2v) is 8.85. The molecule has 0 N–H and O–H groups in total. The second-order valence-electron chi connectivity index (χ2n) is 8.85. The highest BCUT2D eigenvalue weighted by Gasteiger charge is 2.21. The molecule has 34 heavy (non-hydrogen) atoms. The first-order valence-corrected chi connectivity index (χ1v) is 11.6. The molecule has 0 aliphatic heterocycles. The molecule has 0 saturated carbocycles. The maximum atomic E-state index is 4.50. The lowest BCUT2D eigenvalue weighted by Crippen LogP contribution is -1.85. The van der Waals surface area contributed by atoms with Crippen LogP contribution in [0.3, 0.4) is 0 Å². The molecule has 0 fully saturated rings. The SMILES string of the molecule is c1ccc(-c2cccc(-c3ccc(-c4cc5c6c(cccc6c4)-c4ccccc4-5)cc3)c2)nc1. The third-order valence-corrected chi connectivity index (χ3v) is 6.86.